The van der Waals surface area contributed by atoms with Crippen molar-refractivity contribution in [1.82, 2.24) is 9.97 Å². The molecule has 3 N–H and O–H groups in total. The second-order valence-corrected chi connectivity index (χ2v) is 3.63. The van der Waals surface area contributed by atoms with Crippen molar-refractivity contribution in [1.29, 1.82) is 0 Å². The molecule has 0 saturated carbocycles. The number of aromatic nitrogens is 2. The van der Waals surface area contributed by atoms with Gasteiger partial charge in [-0.25, -0.2) is 9.97 Å². The minimum absolute atomic E-state index is 0.171. The summed E-state index contributed by atoms with van der Waals surface area (Å²) >= 11 is 0. The first-order valence-corrected chi connectivity index (χ1v) is 5.10. The van der Waals surface area contributed by atoms with Crippen LogP contribution in [0.1, 0.15) is 15.9 Å². The first kappa shape index (κ1) is 11.1. The van der Waals surface area contributed by atoms with Gasteiger partial charge in [0, 0.05) is 5.69 Å². The highest BCUT2D eigenvalue weighted by atomic mass is 16.1. The first-order chi connectivity index (χ1) is 8.20. The Balaban J connectivity index is 2.36. The van der Waals surface area contributed by atoms with Crippen LogP contribution in [0.3, 0.4) is 0 Å². The fourth-order valence-electron chi connectivity index (χ4n) is 1.48. The van der Waals surface area contributed by atoms with Crippen LogP contribution < -0.4 is 11.1 Å². The van der Waals surface area contributed by atoms with Crippen LogP contribution in [0.25, 0.3) is 0 Å². The molecule has 17 heavy (non-hydrogen) atoms. The fraction of sp³-hybridized carbons (Fsp3) is 0.0833. The number of aldehydes is 1. The zero-order chi connectivity index (χ0) is 12.3. The molecule has 0 aliphatic carbocycles. The molecule has 0 amide bonds. The number of carbonyl (C=O) groups is 1. The lowest BCUT2D eigenvalue weighted by atomic mass is 10.2. The van der Waals surface area contributed by atoms with Crippen molar-refractivity contribution in [2.45, 2.75) is 6.92 Å². The highest BCUT2D eigenvalue weighted by Gasteiger charge is 2.08. The number of nitrogens with zero attached hydrogens (tertiary/aromatic N) is 2. The third-order valence-corrected chi connectivity index (χ3v) is 2.31. The van der Waals surface area contributed by atoms with E-state index in [1.54, 1.807) is 0 Å². The van der Waals surface area contributed by atoms with Crippen molar-refractivity contribution >= 4 is 23.6 Å². The number of nitrogens with two attached hydrogens (primary N) is 1. The standard InChI is InChI=1S/C12H12N4O/c1-8-3-2-4-9(5-8)16-12-10(6-17)11(13)14-7-15-12/h2-7H,1H3,(H3,13,14,15,16). The summed E-state index contributed by atoms with van der Waals surface area (Å²) in [5.41, 5.74) is 7.83. The van der Waals surface area contributed by atoms with Crippen molar-refractivity contribution in [3.8, 4) is 0 Å². The molecule has 0 radical (unpaired) electrons. The molecule has 0 atom stereocenters. The second-order valence-electron chi connectivity index (χ2n) is 3.63. The molecular weight excluding hydrogens is 216 g/mol. The summed E-state index contributed by atoms with van der Waals surface area (Å²) in [6, 6.07) is 7.75. The first-order valence-electron chi connectivity index (χ1n) is 5.10. The van der Waals surface area contributed by atoms with Crippen molar-refractivity contribution in [2.75, 3.05) is 11.1 Å². The topological polar surface area (TPSA) is 80.9 Å². The molecule has 0 aliphatic rings. The summed E-state index contributed by atoms with van der Waals surface area (Å²) in [4.78, 5) is 18.7. The number of benzene rings is 1. The third kappa shape index (κ3) is 2.39. The Morgan fingerprint density at radius 1 is 1.35 bits per heavy atom. The second kappa shape index (κ2) is 4.61. The summed E-state index contributed by atoms with van der Waals surface area (Å²) in [6.07, 6.45) is 1.97. The van der Waals surface area contributed by atoms with Crippen molar-refractivity contribution in [3.05, 3.63) is 41.7 Å². The Hall–Kier alpha value is -2.43. The van der Waals surface area contributed by atoms with Crippen LogP contribution in [0.4, 0.5) is 17.3 Å². The monoisotopic (exact) mass is 228 g/mol. The van der Waals surface area contributed by atoms with E-state index >= 15 is 0 Å². The molecule has 0 aliphatic heterocycles. The quantitative estimate of drug-likeness (QED) is 0.784. The molecule has 1 aromatic heterocycles. The molecule has 2 rings (SSSR count). The summed E-state index contributed by atoms with van der Waals surface area (Å²) in [5.74, 6) is 0.586. The van der Waals surface area contributed by atoms with Gasteiger partial charge in [0.25, 0.3) is 0 Å². The summed E-state index contributed by atoms with van der Waals surface area (Å²) in [6.45, 7) is 1.99. The average molecular weight is 228 g/mol. The van der Waals surface area contributed by atoms with E-state index in [4.69, 9.17) is 5.73 Å². The molecule has 1 heterocycles. The van der Waals surface area contributed by atoms with Gasteiger partial charge in [0.1, 0.15) is 18.0 Å². The molecule has 1 aromatic carbocycles. The molecule has 0 spiro atoms. The van der Waals surface area contributed by atoms with Gasteiger partial charge in [0.2, 0.25) is 0 Å². The van der Waals surface area contributed by atoms with Crippen molar-refractivity contribution in [3.63, 3.8) is 0 Å². The summed E-state index contributed by atoms with van der Waals surface area (Å²) in [7, 11) is 0. The van der Waals surface area contributed by atoms with Crippen molar-refractivity contribution < 1.29 is 4.79 Å². The van der Waals surface area contributed by atoms with E-state index in [1.165, 1.54) is 6.33 Å². The van der Waals surface area contributed by atoms with Gasteiger partial charge in [-0.05, 0) is 24.6 Å². The van der Waals surface area contributed by atoms with Gasteiger partial charge < -0.3 is 11.1 Å². The maximum atomic E-state index is 10.9. The van der Waals surface area contributed by atoms with E-state index in [2.05, 4.69) is 15.3 Å². The largest absolute Gasteiger partial charge is 0.383 e. The Morgan fingerprint density at radius 3 is 2.88 bits per heavy atom. The van der Waals surface area contributed by atoms with Gasteiger partial charge in [0.15, 0.2) is 6.29 Å². The average Bonchev–Trinajstić information content (AvgIpc) is 2.29. The maximum Gasteiger partial charge on any atom is 0.157 e. The maximum absolute atomic E-state index is 10.9. The zero-order valence-electron chi connectivity index (χ0n) is 9.34. The lowest BCUT2D eigenvalue weighted by Gasteiger charge is -2.08. The summed E-state index contributed by atoms with van der Waals surface area (Å²) in [5, 5.41) is 3.04. The predicted molar refractivity (Wildman–Crippen MR) is 66.3 cm³/mol. The molecule has 0 bridgehead atoms. The van der Waals surface area contributed by atoms with Crippen LogP contribution in [0.5, 0.6) is 0 Å². The highest BCUT2D eigenvalue weighted by molar-refractivity contribution is 5.89. The molecule has 0 fully saturated rings. The summed E-state index contributed by atoms with van der Waals surface area (Å²) < 4.78 is 0. The van der Waals surface area contributed by atoms with E-state index in [9.17, 15) is 4.79 Å². The van der Waals surface area contributed by atoms with Gasteiger partial charge in [-0.1, -0.05) is 12.1 Å². The van der Waals surface area contributed by atoms with Crippen molar-refractivity contribution in [2.24, 2.45) is 0 Å². The van der Waals surface area contributed by atoms with Gasteiger partial charge in [-0.3, -0.25) is 4.79 Å². The third-order valence-electron chi connectivity index (χ3n) is 2.31. The van der Waals surface area contributed by atoms with Crippen LogP contribution in [0.15, 0.2) is 30.6 Å². The smallest absolute Gasteiger partial charge is 0.157 e. The molecule has 5 nitrogen and oxygen atoms in total. The van der Waals surface area contributed by atoms with Gasteiger partial charge in [0.05, 0.1) is 5.56 Å². The van der Waals surface area contributed by atoms with E-state index < -0.39 is 0 Å². The van der Waals surface area contributed by atoms with Gasteiger partial charge >= 0.3 is 0 Å². The van der Waals surface area contributed by atoms with Crippen LogP contribution in [0.2, 0.25) is 0 Å². The highest BCUT2D eigenvalue weighted by Crippen LogP contribution is 2.20. The molecule has 86 valence electrons. The predicted octanol–water partition coefficient (Wildman–Crippen LogP) is 1.92. The molecular formula is C12H12N4O. The van der Waals surface area contributed by atoms with Crippen LogP contribution in [0, 0.1) is 6.92 Å². The molecule has 5 heteroatoms. The molecule has 0 saturated heterocycles. The number of nitrogen functional groups attached to an aromatic ring is 1. The number of hydrogen-bond acceptors (Lipinski definition) is 5. The SMILES string of the molecule is Cc1cccc(Nc2ncnc(N)c2C=O)c1. The van der Waals surface area contributed by atoms with Crippen LogP contribution >= 0.6 is 0 Å². The number of nitrogens with one attached hydrogen (secondary N) is 1. The number of carbonyl (C=O) groups excluding carboxylic acids is 1. The lowest BCUT2D eigenvalue weighted by molar-refractivity contribution is 0.112. The van der Waals surface area contributed by atoms with E-state index in [-0.39, 0.29) is 11.4 Å². The van der Waals surface area contributed by atoms with E-state index in [0.29, 0.717) is 12.1 Å². The minimum Gasteiger partial charge on any atom is -0.383 e. The zero-order valence-corrected chi connectivity index (χ0v) is 9.34. The minimum atomic E-state index is 0.171. The van der Waals surface area contributed by atoms with Gasteiger partial charge in [-0.2, -0.15) is 0 Å². The fourth-order valence-corrected chi connectivity index (χ4v) is 1.48. The Labute approximate surface area is 98.7 Å². The Kier molecular flexibility index (Phi) is 3.00. The number of hydrogen-bond donors (Lipinski definition) is 2. The lowest BCUT2D eigenvalue weighted by Crippen LogP contribution is -2.04. The molecule has 0 unspecified atom stereocenters. The van der Waals surface area contributed by atoms with Crippen LogP contribution in [-0.4, -0.2) is 16.3 Å². The Morgan fingerprint density at radius 2 is 2.18 bits per heavy atom. The number of rotatable bonds is 3. The van der Waals surface area contributed by atoms with E-state index in [0.717, 1.165) is 11.3 Å². The normalized spacial score (nSPS) is 9.94. The van der Waals surface area contributed by atoms with Crippen LogP contribution in [-0.2, 0) is 0 Å². The Bertz CT molecular complexity index is 554. The molecule has 2 aromatic rings. The van der Waals surface area contributed by atoms with Gasteiger partial charge in [-0.15, -0.1) is 0 Å². The number of aryl methyl sites for hydroxylation is 1. The number of anilines is 3. The van der Waals surface area contributed by atoms with E-state index in [1.807, 2.05) is 31.2 Å².